The number of thioether (sulfide) groups is 1. The lowest BCUT2D eigenvalue weighted by Crippen LogP contribution is -2.46. The normalized spacial score (nSPS) is 27.6. The molecule has 2 rings (SSSR count). The third-order valence-corrected chi connectivity index (χ3v) is 5.02. The molecule has 2 unspecified atom stereocenters. The molecule has 0 aliphatic carbocycles. The highest BCUT2D eigenvalue weighted by molar-refractivity contribution is 7.99. The van der Waals surface area contributed by atoms with E-state index in [2.05, 4.69) is 5.32 Å². The van der Waals surface area contributed by atoms with Gasteiger partial charge in [-0.1, -0.05) is 0 Å². The van der Waals surface area contributed by atoms with E-state index in [0.29, 0.717) is 12.1 Å². The number of nitrogens with one attached hydrogen (secondary N) is 1. The molecule has 20 heavy (non-hydrogen) atoms. The fourth-order valence-corrected chi connectivity index (χ4v) is 3.92. The lowest BCUT2D eigenvalue weighted by molar-refractivity contribution is 0.0225. The molecule has 2 fully saturated rings. The number of carbonyl (C=O) groups is 1. The predicted octanol–water partition coefficient (Wildman–Crippen LogP) is 2.87. The molecule has 0 spiro atoms. The molecule has 0 aromatic heterocycles. The van der Waals surface area contributed by atoms with E-state index < -0.39 is 5.60 Å². The Kier molecular flexibility index (Phi) is 5.61. The van der Waals surface area contributed by atoms with E-state index in [-0.39, 0.29) is 6.09 Å². The third kappa shape index (κ3) is 4.85. The van der Waals surface area contributed by atoms with Crippen molar-refractivity contribution in [1.29, 1.82) is 0 Å². The van der Waals surface area contributed by atoms with Crippen LogP contribution >= 0.6 is 11.8 Å². The molecule has 1 N–H and O–H groups in total. The summed E-state index contributed by atoms with van der Waals surface area (Å²) in [5.74, 6) is 2.50. The minimum absolute atomic E-state index is 0.153. The fraction of sp³-hybridized carbons (Fsp3) is 0.933. The Morgan fingerprint density at radius 1 is 1.35 bits per heavy atom. The first kappa shape index (κ1) is 16.0. The van der Waals surface area contributed by atoms with Gasteiger partial charge in [-0.15, -0.1) is 0 Å². The van der Waals surface area contributed by atoms with Crippen molar-refractivity contribution >= 4 is 17.9 Å². The topological polar surface area (TPSA) is 41.6 Å². The van der Waals surface area contributed by atoms with E-state index in [1.807, 2.05) is 37.4 Å². The third-order valence-electron chi connectivity index (χ3n) is 3.81. The van der Waals surface area contributed by atoms with Crippen molar-refractivity contribution in [3.05, 3.63) is 0 Å². The first-order chi connectivity index (χ1) is 9.46. The number of amides is 1. The Hall–Kier alpha value is -0.420. The van der Waals surface area contributed by atoms with Crippen molar-refractivity contribution in [3.8, 4) is 0 Å². The van der Waals surface area contributed by atoms with E-state index in [1.165, 1.54) is 24.3 Å². The second-order valence-electron chi connectivity index (χ2n) is 6.79. The second-order valence-corrected chi connectivity index (χ2v) is 7.94. The zero-order valence-corrected chi connectivity index (χ0v) is 13.8. The number of rotatable bonds is 3. The summed E-state index contributed by atoms with van der Waals surface area (Å²) in [6.07, 6.45) is 4.60. The summed E-state index contributed by atoms with van der Waals surface area (Å²) in [5, 5.41) is 3.64. The summed E-state index contributed by atoms with van der Waals surface area (Å²) < 4.78 is 5.50. The van der Waals surface area contributed by atoms with Gasteiger partial charge in [-0.25, -0.2) is 4.79 Å². The number of nitrogens with zero attached hydrogens (tertiary/aromatic N) is 1. The average molecular weight is 300 g/mol. The van der Waals surface area contributed by atoms with Gasteiger partial charge in [-0.05, 0) is 52.2 Å². The van der Waals surface area contributed by atoms with Gasteiger partial charge in [0.15, 0.2) is 0 Å². The molecule has 2 aliphatic rings. The monoisotopic (exact) mass is 300 g/mol. The average Bonchev–Trinajstić information content (AvgIpc) is 2.84. The second kappa shape index (κ2) is 7.03. The molecule has 0 bridgehead atoms. The zero-order chi connectivity index (χ0) is 14.6. The molecule has 2 atom stereocenters. The summed E-state index contributed by atoms with van der Waals surface area (Å²) in [7, 11) is 0. The van der Waals surface area contributed by atoms with Crippen LogP contribution in [0.15, 0.2) is 0 Å². The van der Waals surface area contributed by atoms with Crippen molar-refractivity contribution < 1.29 is 9.53 Å². The first-order valence-electron chi connectivity index (χ1n) is 7.76. The van der Waals surface area contributed by atoms with Crippen LogP contribution in [0.2, 0.25) is 0 Å². The van der Waals surface area contributed by atoms with E-state index in [9.17, 15) is 4.79 Å². The smallest absolute Gasteiger partial charge is 0.410 e. The highest BCUT2D eigenvalue weighted by Crippen LogP contribution is 2.22. The lowest BCUT2D eigenvalue weighted by atomic mass is 10.1. The quantitative estimate of drug-likeness (QED) is 0.870. The summed E-state index contributed by atoms with van der Waals surface area (Å²) >= 11 is 2.03. The number of carbonyl (C=O) groups excluding carboxylic acids is 1. The molecule has 2 saturated heterocycles. The SMILES string of the molecule is CC(C)(C)OC(=O)N1CCCC1CNC1CCCSC1. The summed E-state index contributed by atoms with van der Waals surface area (Å²) in [6.45, 7) is 7.51. The van der Waals surface area contributed by atoms with Gasteiger partial charge in [0, 0.05) is 30.9 Å². The Balaban J connectivity index is 1.79. The van der Waals surface area contributed by atoms with Crippen LogP contribution in [0, 0.1) is 0 Å². The molecule has 0 aromatic carbocycles. The number of ether oxygens (including phenoxy) is 1. The number of hydrogen-bond donors (Lipinski definition) is 1. The molecule has 116 valence electrons. The van der Waals surface area contributed by atoms with Crippen molar-refractivity contribution in [2.24, 2.45) is 0 Å². The first-order valence-corrected chi connectivity index (χ1v) is 8.92. The molecular weight excluding hydrogens is 272 g/mol. The van der Waals surface area contributed by atoms with Crippen LogP contribution in [0.5, 0.6) is 0 Å². The highest BCUT2D eigenvalue weighted by Gasteiger charge is 2.32. The molecule has 0 radical (unpaired) electrons. The maximum absolute atomic E-state index is 12.2. The van der Waals surface area contributed by atoms with Gasteiger partial charge in [0.2, 0.25) is 0 Å². The van der Waals surface area contributed by atoms with Gasteiger partial charge >= 0.3 is 6.09 Å². The van der Waals surface area contributed by atoms with E-state index >= 15 is 0 Å². The fourth-order valence-electron chi connectivity index (χ4n) is 2.81. The van der Waals surface area contributed by atoms with Crippen molar-refractivity contribution in [2.75, 3.05) is 24.6 Å². The minimum Gasteiger partial charge on any atom is -0.444 e. The largest absolute Gasteiger partial charge is 0.444 e. The summed E-state index contributed by atoms with van der Waals surface area (Å²) in [4.78, 5) is 14.1. The van der Waals surface area contributed by atoms with Gasteiger partial charge < -0.3 is 15.0 Å². The minimum atomic E-state index is -0.405. The maximum Gasteiger partial charge on any atom is 0.410 e. The maximum atomic E-state index is 12.2. The Bertz CT molecular complexity index is 324. The highest BCUT2D eigenvalue weighted by atomic mass is 32.2. The molecule has 0 aromatic rings. The Labute approximate surface area is 127 Å². The molecular formula is C15H28N2O2S. The van der Waals surface area contributed by atoms with Crippen LogP contribution in [-0.4, -0.2) is 53.3 Å². The van der Waals surface area contributed by atoms with E-state index in [0.717, 1.165) is 25.9 Å². The van der Waals surface area contributed by atoms with Crippen LogP contribution in [0.3, 0.4) is 0 Å². The zero-order valence-electron chi connectivity index (χ0n) is 13.0. The Morgan fingerprint density at radius 2 is 2.15 bits per heavy atom. The molecule has 0 saturated carbocycles. The number of likely N-dealkylation sites (tertiary alicyclic amines) is 1. The van der Waals surface area contributed by atoms with Crippen molar-refractivity contribution in [3.63, 3.8) is 0 Å². The van der Waals surface area contributed by atoms with Gasteiger partial charge in [0.25, 0.3) is 0 Å². The van der Waals surface area contributed by atoms with Crippen LogP contribution < -0.4 is 5.32 Å². The molecule has 4 nitrogen and oxygen atoms in total. The Morgan fingerprint density at radius 3 is 2.80 bits per heavy atom. The van der Waals surface area contributed by atoms with Crippen LogP contribution in [0.4, 0.5) is 4.79 Å². The van der Waals surface area contributed by atoms with E-state index in [4.69, 9.17) is 4.74 Å². The van der Waals surface area contributed by atoms with Gasteiger partial charge in [-0.3, -0.25) is 0 Å². The lowest BCUT2D eigenvalue weighted by Gasteiger charge is -2.30. The number of hydrogen-bond acceptors (Lipinski definition) is 4. The van der Waals surface area contributed by atoms with Crippen LogP contribution in [-0.2, 0) is 4.74 Å². The molecule has 2 aliphatic heterocycles. The van der Waals surface area contributed by atoms with Crippen molar-refractivity contribution in [2.45, 2.75) is 64.1 Å². The van der Waals surface area contributed by atoms with Gasteiger partial charge in [0.05, 0.1) is 0 Å². The van der Waals surface area contributed by atoms with Crippen LogP contribution in [0.25, 0.3) is 0 Å². The molecule has 1 amide bonds. The van der Waals surface area contributed by atoms with Crippen LogP contribution in [0.1, 0.15) is 46.5 Å². The molecule has 5 heteroatoms. The standard InChI is InChI=1S/C15H28N2O2S/c1-15(2,3)19-14(18)17-8-4-7-13(17)10-16-12-6-5-9-20-11-12/h12-13,16H,4-11H2,1-3H3. The van der Waals surface area contributed by atoms with E-state index in [1.54, 1.807) is 0 Å². The van der Waals surface area contributed by atoms with Gasteiger partial charge in [-0.2, -0.15) is 11.8 Å². The summed E-state index contributed by atoms with van der Waals surface area (Å²) in [5.41, 5.74) is -0.405. The predicted molar refractivity (Wildman–Crippen MR) is 84.3 cm³/mol. The van der Waals surface area contributed by atoms with Crippen molar-refractivity contribution in [1.82, 2.24) is 10.2 Å². The molecule has 2 heterocycles. The van der Waals surface area contributed by atoms with Gasteiger partial charge in [0.1, 0.15) is 5.60 Å². The summed E-state index contributed by atoms with van der Waals surface area (Å²) in [6, 6.07) is 0.923.